The second-order valence-corrected chi connectivity index (χ2v) is 6.21. The van der Waals surface area contributed by atoms with Gasteiger partial charge in [0.1, 0.15) is 18.0 Å². The Balaban J connectivity index is 2.04. The SMILES string of the molecule is CC(C)Oc1cc(Br)ccc1C(=O)NCc1cn(CC(=O)O)nn1. The molecule has 0 aliphatic rings. The van der Waals surface area contributed by atoms with Crippen LogP contribution in [0.25, 0.3) is 0 Å². The molecule has 0 aliphatic carbocycles. The molecule has 0 bridgehead atoms. The number of carbonyl (C=O) groups is 2. The van der Waals surface area contributed by atoms with Crippen molar-refractivity contribution in [2.45, 2.75) is 33.0 Å². The zero-order valence-electron chi connectivity index (χ0n) is 13.2. The Kier molecular flexibility index (Phi) is 5.91. The molecule has 0 unspecified atom stereocenters. The normalized spacial score (nSPS) is 10.7. The van der Waals surface area contributed by atoms with Gasteiger partial charge in [-0.3, -0.25) is 9.59 Å². The number of nitrogens with zero attached hydrogens (tertiary/aromatic N) is 3. The van der Waals surface area contributed by atoms with Crippen molar-refractivity contribution < 1.29 is 19.4 Å². The van der Waals surface area contributed by atoms with Crippen LogP contribution in [-0.4, -0.2) is 38.1 Å². The summed E-state index contributed by atoms with van der Waals surface area (Å²) in [5.74, 6) is -0.849. The van der Waals surface area contributed by atoms with Crippen LogP contribution in [0.4, 0.5) is 0 Å². The minimum absolute atomic E-state index is 0.0678. The lowest BCUT2D eigenvalue weighted by atomic mass is 10.2. The van der Waals surface area contributed by atoms with E-state index in [0.717, 1.165) is 4.47 Å². The van der Waals surface area contributed by atoms with Gasteiger partial charge in [-0.1, -0.05) is 21.1 Å². The third-order valence-corrected chi connectivity index (χ3v) is 3.36. The number of benzene rings is 1. The molecule has 2 aromatic rings. The van der Waals surface area contributed by atoms with E-state index in [1.54, 1.807) is 18.2 Å². The van der Waals surface area contributed by atoms with E-state index in [9.17, 15) is 9.59 Å². The van der Waals surface area contributed by atoms with E-state index in [1.807, 2.05) is 13.8 Å². The van der Waals surface area contributed by atoms with Crippen molar-refractivity contribution >= 4 is 27.8 Å². The van der Waals surface area contributed by atoms with Gasteiger partial charge in [-0.2, -0.15) is 0 Å². The number of carboxylic acids is 1. The number of aromatic nitrogens is 3. The number of aliphatic carboxylic acids is 1. The number of rotatable bonds is 7. The Bertz CT molecular complexity index is 745. The maximum absolute atomic E-state index is 12.4. The van der Waals surface area contributed by atoms with E-state index in [0.29, 0.717) is 17.0 Å². The fourth-order valence-corrected chi connectivity index (χ4v) is 2.28. The number of carboxylic acid groups (broad SMARTS) is 1. The van der Waals surface area contributed by atoms with Crippen molar-refractivity contribution in [2.24, 2.45) is 0 Å². The lowest BCUT2D eigenvalue weighted by Crippen LogP contribution is -2.24. The second-order valence-electron chi connectivity index (χ2n) is 5.29. The molecule has 0 saturated heterocycles. The van der Waals surface area contributed by atoms with E-state index in [-0.39, 0.29) is 25.1 Å². The first-order valence-corrected chi connectivity index (χ1v) is 7.99. The summed E-state index contributed by atoms with van der Waals surface area (Å²) in [5.41, 5.74) is 0.873. The van der Waals surface area contributed by atoms with Gasteiger partial charge in [0.2, 0.25) is 0 Å². The van der Waals surface area contributed by atoms with E-state index >= 15 is 0 Å². The van der Waals surface area contributed by atoms with Crippen molar-refractivity contribution in [3.05, 3.63) is 40.1 Å². The van der Waals surface area contributed by atoms with E-state index in [4.69, 9.17) is 9.84 Å². The van der Waals surface area contributed by atoms with Gasteiger partial charge in [0.15, 0.2) is 0 Å². The molecule has 128 valence electrons. The van der Waals surface area contributed by atoms with Crippen LogP contribution in [0.3, 0.4) is 0 Å². The molecule has 8 nitrogen and oxygen atoms in total. The lowest BCUT2D eigenvalue weighted by Gasteiger charge is -2.14. The van der Waals surface area contributed by atoms with Crippen LogP contribution >= 0.6 is 15.9 Å². The van der Waals surface area contributed by atoms with Gasteiger partial charge in [0.05, 0.1) is 24.4 Å². The average molecular weight is 397 g/mol. The van der Waals surface area contributed by atoms with Gasteiger partial charge >= 0.3 is 5.97 Å². The monoisotopic (exact) mass is 396 g/mol. The molecular weight excluding hydrogens is 380 g/mol. The van der Waals surface area contributed by atoms with Gasteiger partial charge in [-0.25, -0.2) is 4.68 Å². The Hall–Kier alpha value is -2.42. The Labute approximate surface area is 146 Å². The van der Waals surface area contributed by atoms with E-state index < -0.39 is 5.97 Å². The van der Waals surface area contributed by atoms with Crippen LogP contribution in [0.2, 0.25) is 0 Å². The highest BCUT2D eigenvalue weighted by Gasteiger charge is 2.15. The summed E-state index contributed by atoms with van der Waals surface area (Å²) in [4.78, 5) is 23.0. The van der Waals surface area contributed by atoms with Crippen LogP contribution in [0.1, 0.15) is 29.9 Å². The van der Waals surface area contributed by atoms with Crippen LogP contribution < -0.4 is 10.1 Å². The fraction of sp³-hybridized carbons (Fsp3) is 0.333. The summed E-state index contributed by atoms with van der Waals surface area (Å²) in [6.45, 7) is 3.61. The van der Waals surface area contributed by atoms with Crippen molar-refractivity contribution in [1.29, 1.82) is 0 Å². The lowest BCUT2D eigenvalue weighted by molar-refractivity contribution is -0.137. The van der Waals surface area contributed by atoms with Gasteiger partial charge in [0.25, 0.3) is 5.91 Å². The zero-order chi connectivity index (χ0) is 17.7. The summed E-state index contributed by atoms with van der Waals surface area (Å²) >= 11 is 3.35. The number of nitrogens with one attached hydrogen (secondary N) is 1. The molecule has 0 fully saturated rings. The second kappa shape index (κ2) is 7.91. The fourth-order valence-electron chi connectivity index (χ4n) is 1.94. The van der Waals surface area contributed by atoms with Crippen LogP contribution in [0.5, 0.6) is 5.75 Å². The number of halogens is 1. The quantitative estimate of drug-likeness (QED) is 0.739. The number of hydrogen-bond donors (Lipinski definition) is 2. The summed E-state index contributed by atoms with van der Waals surface area (Å²) in [5, 5.41) is 18.9. The smallest absolute Gasteiger partial charge is 0.325 e. The molecule has 1 heterocycles. The van der Waals surface area contributed by atoms with Gasteiger partial charge in [-0.05, 0) is 32.0 Å². The third kappa shape index (κ3) is 5.05. The van der Waals surface area contributed by atoms with Crippen molar-refractivity contribution in [1.82, 2.24) is 20.3 Å². The molecule has 2 rings (SSSR count). The molecule has 9 heteroatoms. The third-order valence-electron chi connectivity index (χ3n) is 2.86. The molecule has 24 heavy (non-hydrogen) atoms. The first kappa shape index (κ1) is 17.9. The molecule has 1 aromatic carbocycles. The van der Waals surface area contributed by atoms with Gasteiger partial charge < -0.3 is 15.2 Å². The average Bonchev–Trinajstić information content (AvgIpc) is 2.91. The minimum Gasteiger partial charge on any atom is -0.490 e. The number of ether oxygens (including phenoxy) is 1. The summed E-state index contributed by atoms with van der Waals surface area (Å²) in [6.07, 6.45) is 1.41. The van der Waals surface area contributed by atoms with Crippen molar-refractivity contribution in [3.8, 4) is 5.75 Å². The molecule has 0 spiro atoms. The van der Waals surface area contributed by atoms with Crippen molar-refractivity contribution in [2.75, 3.05) is 0 Å². The molecule has 0 saturated carbocycles. The molecule has 0 radical (unpaired) electrons. The topological polar surface area (TPSA) is 106 Å². The first-order valence-electron chi connectivity index (χ1n) is 7.20. The number of hydrogen-bond acceptors (Lipinski definition) is 5. The zero-order valence-corrected chi connectivity index (χ0v) is 14.8. The van der Waals surface area contributed by atoms with E-state index in [1.165, 1.54) is 10.9 Å². The van der Waals surface area contributed by atoms with E-state index in [2.05, 4.69) is 31.6 Å². The first-order chi connectivity index (χ1) is 11.3. The summed E-state index contributed by atoms with van der Waals surface area (Å²) in [7, 11) is 0. The van der Waals surface area contributed by atoms with Crippen LogP contribution in [0.15, 0.2) is 28.9 Å². The molecule has 0 atom stereocenters. The van der Waals surface area contributed by atoms with Crippen molar-refractivity contribution in [3.63, 3.8) is 0 Å². The van der Waals surface area contributed by atoms with Gasteiger partial charge in [-0.15, -0.1) is 5.10 Å². The summed E-state index contributed by atoms with van der Waals surface area (Å²) in [6, 6.07) is 5.15. The molecule has 1 aromatic heterocycles. The number of carbonyl (C=O) groups excluding carboxylic acids is 1. The molecule has 1 amide bonds. The standard InChI is InChI=1S/C15H17BrN4O4/c1-9(2)24-13-5-10(16)3-4-12(13)15(23)17-6-11-7-20(19-18-11)8-14(21)22/h3-5,7,9H,6,8H2,1-2H3,(H,17,23)(H,21,22). The Morgan fingerprint density at radius 1 is 1.42 bits per heavy atom. The summed E-state index contributed by atoms with van der Waals surface area (Å²) < 4.78 is 7.66. The Morgan fingerprint density at radius 2 is 2.17 bits per heavy atom. The maximum atomic E-state index is 12.4. The highest BCUT2D eigenvalue weighted by molar-refractivity contribution is 9.10. The Morgan fingerprint density at radius 3 is 2.83 bits per heavy atom. The predicted molar refractivity (Wildman–Crippen MR) is 88.7 cm³/mol. The molecular formula is C15H17BrN4O4. The largest absolute Gasteiger partial charge is 0.490 e. The highest BCUT2D eigenvalue weighted by Crippen LogP contribution is 2.24. The number of amides is 1. The highest BCUT2D eigenvalue weighted by atomic mass is 79.9. The maximum Gasteiger partial charge on any atom is 0.325 e. The molecule has 2 N–H and O–H groups in total. The van der Waals surface area contributed by atoms with Gasteiger partial charge in [0, 0.05) is 4.47 Å². The van der Waals surface area contributed by atoms with Crippen LogP contribution in [0, 0.1) is 0 Å². The minimum atomic E-state index is -1.01. The molecule has 0 aliphatic heterocycles. The predicted octanol–water partition coefficient (Wildman–Crippen LogP) is 1.84. The van der Waals surface area contributed by atoms with Crippen LogP contribution in [-0.2, 0) is 17.9 Å².